The number of hydrogen-bond donors (Lipinski definition) is 0. The van der Waals surface area contributed by atoms with Crippen molar-refractivity contribution in [1.29, 1.82) is 0 Å². The van der Waals surface area contributed by atoms with Crippen molar-refractivity contribution in [3.63, 3.8) is 0 Å². The van der Waals surface area contributed by atoms with Gasteiger partial charge in [-0.15, -0.1) is 0 Å². The van der Waals surface area contributed by atoms with Crippen LogP contribution in [-0.2, 0) is 22.1 Å². The lowest BCUT2D eigenvalue weighted by Gasteiger charge is -2.11. The molecule has 1 aliphatic heterocycles. The number of ether oxygens (including phenoxy) is 1. The Balaban J connectivity index is 1.57. The van der Waals surface area contributed by atoms with E-state index in [9.17, 15) is 18.0 Å². The Morgan fingerprint density at radius 3 is 2.60 bits per heavy atom. The van der Waals surface area contributed by atoms with Crippen molar-refractivity contribution in [1.82, 2.24) is 0 Å². The summed E-state index contributed by atoms with van der Waals surface area (Å²) in [5.41, 5.74) is 1.48. The maximum absolute atomic E-state index is 13.5. The molecule has 1 aliphatic carbocycles. The highest BCUT2D eigenvalue weighted by Gasteiger charge is 2.42. The third-order valence-corrected chi connectivity index (χ3v) is 6.43. The Morgan fingerprint density at radius 1 is 1.06 bits per heavy atom. The Labute approximate surface area is 202 Å². The molecule has 2 aliphatic rings. The lowest BCUT2D eigenvalue weighted by molar-refractivity contribution is -0.137. The van der Waals surface area contributed by atoms with Gasteiger partial charge in [-0.3, -0.25) is 9.79 Å². The van der Waals surface area contributed by atoms with Gasteiger partial charge in [-0.2, -0.15) is 13.2 Å². The normalized spacial score (nSPS) is 20.7. The van der Waals surface area contributed by atoms with Gasteiger partial charge in [0.1, 0.15) is 5.92 Å². The third-order valence-electron chi connectivity index (χ3n) is 6.43. The molecule has 3 aromatic rings. The molecule has 5 rings (SSSR count). The molecule has 1 saturated heterocycles. The number of aliphatic imine (C=N–C) groups is 1. The summed E-state index contributed by atoms with van der Waals surface area (Å²) >= 11 is 0. The number of unbranched alkanes of at least 4 members (excludes halogenated alkanes) is 1. The first-order chi connectivity index (χ1) is 16.8. The van der Waals surface area contributed by atoms with Crippen LogP contribution in [0.15, 0.2) is 71.4 Å². The standard InChI is InChI=1S/C29H26F3NO2/c1-2-3-7-18-14-19-8-4-5-11-24(19)21(15-18)17-25-27(34)26(28(35-25)33-23-12-13-23)20-9-6-10-22(16-20)29(30,31)32/h4-6,8-11,14-17,23,26H,2-3,7,12-13H2,1H3. The number of fused-ring (bicyclic) bond motifs is 1. The first kappa shape index (κ1) is 23.3. The Hall–Kier alpha value is -3.41. The maximum atomic E-state index is 13.5. The van der Waals surface area contributed by atoms with Crippen LogP contribution in [0.3, 0.4) is 0 Å². The van der Waals surface area contributed by atoms with Crippen molar-refractivity contribution in [3.8, 4) is 0 Å². The fraction of sp³-hybridized carbons (Fsp3) is 0.310. The van der Waals surface area contributed by atoms with Crippen molar-refractivity contribution in [2.45, 2.75) is 57.2 Å². The van der Waals surface area contributed by atoms with E-state index in [2.05, 4.69) is 24.0 Å². The van der Waals surface area contributed by atoms with Crippen LogP contribution in [0.2, 0.25) is 0 Å². The van der Waals surface area contributed by atoms with Gasteiger partial charge in [0.25, 0.3) is 0 Å². The first-order valence-electron chi connectivity index (χ1n) is 12.0. The van der Waals surface area contributed by atoms with Crippen molar-refractivity contribution >= 4 is 28.5 Å². The zero-order valence-corrected chi connectivity index (χ0v) is 19.4. The van der Waals surface area contributed by atoms with Gasteiger partial charge in [-0.1, -0.05) is 67.9 Å². The topological polar surface area (TPSA) is 38.7 Å². The Morgan fingerprint density at radius 2 is 1.86 bits per heavy atom. The molecule has 180 valence electrons. The third kappa shape index (κ3) is 5.02. The highest BCUT2D eigenvalue weighted by molar-refractivity contribution is 6.21. The van der Waals surface area contributed by atoms with E-state index in [1.165, 1.54) is 17.7 Å². The van der Waals surface area contributed by atoms with Crippen LogP contribution in [0.5, 0.6) is 0 Å². The monoisotopic (exact) mass is 477 g/mol. The minimum atomic E-state index is -4.50. The quantitative estimate of drug-likeness (QED) is 0.345. The smallest absolute Gasteiger partial charge is 0.416 e. The molecular weight excluding hydrogens is 451 g/mol. The Bertz CT molecular complexity index is 1340. The van der Waals surface area contributed by atoms with Gasteiger partial charge in [0.05, 0.1) is 11.6 Å². The van der Waals surface area contributed by atoms with Gasteiger partial charge < -0.3 is 4.74 Å². The molecule has 1 heterocycles. The molecule has 3 aromatic carbocycles. The van der Waals surface area contributed by atoms with E-state index in [1.54, 1.807) is 6.08 Å². The predicted molar refractivity (Wildman–Crippen MR) is 131 cm³/mol. The molecular formula is C29H26F3NO2. The number of nitrogens with zero attached hydrogens (tertiary/aromatic N) is 1. The zero-order chi connectivity index (χ0) is 24.6. The molecule has 35 heavy (non-hydrogen) atoms. The van der Waals surface area contributed by atoms with E-state index in [4.69, 9.17) is 4.74 Å². The van der Waals surface area contributed by atoms with Gasteiger partial charge >= 0.3 is 6.18 Å². The average Bonchev–Trinajstić information content (AvgIpc) is 3.60. The summed E-state index contributed by atoms with van der Waals surface area (Å²) in [4.78, 5) is 18.1. The summed E-state index contributed by atoms with van der Waals surface area (Å²) in [5.74, 6) is -1.04. The molecule has 6 heteroatoms. The van der Waals surface area contributed by atoms with Crippen LogP contribution < -0.4 is 0 Å². The second-order valence-electron chi connectivity index (χ2n) is 9.24. The van der Waals surface area contributed by atoms with Gasteiger partial charge in [-0.25, -0.2) is 0 Å². The van der Waals surface area contributed by atoms with Crippen LogP contribution in [0.25, 0.3) is 16.8 Å². The fourth-order valence-electron chi connectivity index (χ4n) is 4.44. The van der Waals surface area contributed by atoms with E-state index in [-0.39, 0.29) is 29.0 Å². The lowest BCUT2D eigenvalue weighted by atomic mass is 9.92. The van der Waals surface area contributed by atoms with Gasteiger partial charge in [0, 0.05) is 0 Å². The maximum Gasteiger partial charge on any atom is 0.416 e. The van der Waals surface area contributed by atoms with Crippen molar-refractivity contribution in [2.75, 3.05) is 0 Å². The summed E-state index contributed by atoms with van der Waals surface area (Å²) in [6.07, 6.45) is 2.05. The summed E-state index contributed by atoms with van der Waals surface area (Å²) in [7, 11) is 0. The summed E-state index contributed by atoms with van der Waals surface area (Å²) in [6.45, 7) is 2.14. The van der Waals surface area contributed by atoms with Crippen LogP contribution in [-0.4, -0.2) is 17.7 Å². The number of carbonyl (C=O) groups is 1. The first-order valence-corrected chi connectivity index (χ1v) is 12.0. The molecule has 2 fully saturated rings. The summed E-state index contributed by atoms with van der Waals surface area (Å²) < 4.78 is 46.0. The molecule has 0 spiro atoms. The summed E-state index contributed by atoms with van der Waals surface area (Å²) in [6, 6.07) is 17.1. The van der Waals surface area contributed by atoms with Gasteiger partial charge in [0.15, 0.2) is 5.76 Å². The molecule has 0 bridgehead atoms. The zero-order valence-electron chi connectivity index (χ0n) is 19.4. The molecule has 1 atom stereocenters. The largest absolute Gasteiger partial charge is 0.438 e. The van der Waals surface area contributed by atoms with Crippen molar-refractivity contribution < 1.29 is 22.7 Å². The fourth-order valence-corrected chi connectivity index (χ4v) is 4.44. The minimum Gasteiger partial charge on any atom is -0.438 e. The molecule has 0 radical (unpaired) electrons. The average molecular weight is 478 g/mol. The SMILES string of the molecule is CCCCc1cc(C=C2OC(=NC3CC3)C(c3cccc(C(F)(F)F)c3)C2=O)c2ccccc2c1. The molecule has 0 N–H and O–H groups in total. The van der Waals surface area contributed by atoms with Gasteiger partial charge in [0.2, 0.25) is 11.7 Å². The number of halogens is 3. The van der Waals surface area contributed by atoms with Crippen LogP contribution in [0.1, 0.15) is 60.8 Å². The van der Waals surface area contributed by atoms with E-state index in [0.717, 1.165) is 60.6 Å². The molecule has 1 unspecified atom stereocenters. The number of benzene rings is 3. The number of allylic oxidation sites excluding steroid dienone is 1. The summed E-state index contributed by atoms with van der Waals surface area (Å²) in [5, 5.41) is 2.06. The highest BCUT2D eigenvalue weighted by Crippen LogP contribution is 2.38. The highest BCUT2D eigenvalue weighted by atomic mass is 19.4. The number of Topliss-reactive ketones (excluding diaryl/α,β-unsaturated/α-hetero) is 1. The van der Waals surface area contributed by atoms with Crippen molar-refractivity contribution in [2.24, 2.45) is 4.99 Å². The molecule has 0 amide bonds. The van der Waals surface area contributed by atoms with E-state index in [0.29, 0.717) is 0 Å². The van der Waals surface area contributed by atoms with Crippen LogP contribution in [0.4, 0.5) is 13.2 Å². The second kappa shape index (κ2) is 9.33. The van der Waals surface area contributed by atoms with E-state index >= 15 is 0 Å². The Kier molecular flexibility index (Phi) is 6.22. The number of ketones is 1. The second-order valence-corrected chi connectivity index (χ2v) is 9.24. The van der Waals surface area contributed by atoms with Gasteiger partial charge in [-0.05, 0) is 65.3 Å². The number of carbonyl (C=O) groups excluding carboxylic acids is 1. The van der Waals surface area contributed by atoms with Crippen LogP contribution in [0, 0.1) is 0 Å². The van der Waals surface area contributed by atoms with Crippen LogP contribution >= 0.6 is 0 Å². The van der Waals surface area contributed by atoms with E-state index < -0.39 is 17.7 Å². The molecule has 1 saturated carbocycles. The number of hydrogen-bond acceptors (Lipinski definition) is 3. The lowest BCUT2D eigenvalue weighted by Crippen LogP contribution is -2.15. The number of rotatable bonds is 6. The number of aryl methyl sites for hydroxylation is 1. The molecule has 3 nitrogen and oxygen atoms in total. The van der Waals surface area contributed by atoms with Crippen molar-refractivity contribution in [3.05, 3.63) is 88.7 Å². The van der Waals surface area contributed by atoms with E-state index in [1.807, 2.05) is 24.3 Å². The number of alkyl halides is 3. The minimum absolute atomic E-state index is 0.0589. The molecule has 0 aromatic heterocycles. The predicted octanol–water partition coefficient (Wildman–Crippen LogP) is 7.49.